The number of halogens is 1. The lowest BCUT2D eigenvalue weighted by molar-refractivity contribution is 0.730. The zero-order chi connectivity index (χ0) is 18.1. The van der Waals surface area contributed by atoms with Crippen LogP contribution >= 0.6 is 34.7 Å². The number of hydrogen-bond donors (Lipinski definition) is 0. The second-order valence-corrected chi connectivity index (χ2v) is 8.16. The van der Waals surface area contributed by atoms with E-state index >= 15 is 0 Å². The van der Waals surface area contributed by atoms with E-state index in [4.69, 9.17) is 16.9 Å². The average Bonchev–Trinajstić information content (AvgIpc) is 3.04. The molecule has 0 N–H and O–H groups in total. The number of nitrogens with zero attached hydrogens (tertiary/aromatic N) is 4. The Kier molecular flexibility index (Phi) is 4.64. The summed E-state index contributed by atoms with van der Waals surface area (Å²) in [5.41, 5.74) is 1.30. The van der Waals surface area contributed by atoms with Gasteiger partial charge in [-0.1, -0.05) is 35.5 Å². The van der Waals surface area contributed by atoms with Crippen molar-refractivity contribution in [1.82, 2.24) is 14.5 Å². The standard InChI is InChI=1S/C18H11ClN4OS2/c19-11-5-6-15-14(9-11)22-18(26-15)25-10-16-21-13-4-2-1-3-12(13)17(24)23(16)8-7-20/h1-6,9H,8,10H2. The average molecular weight is 399 g/mol. The van der Waals surface area contributed by atoms with E-state index < -0.39 is 0 Å². The molecule has 2 aromatic carbocycles. The summed E-state index contributed by atoms with van der Waals surface area (Å²) >= 11 is 9.07. The van der Waals surface area contributed by atoms with Gasteiger partial charge >= 0.3 is 0 Å². The molecular formula is C18H11ClN4OS2. The zero-order valence-electron chi connectivity index (χ0n) is 13.3. The van der Waals surface area contributed by atoms with Gasteiger partial charge in [-0.05, 0) is 30.3 Å². The number of rotatable bonds is 4. The Morgan fingerprint density at radius 3 is 2.88 bits per heavy atom. The summed E-state index contributed by atoms with van der Waals surface area (Å²) in [5.74, 6) is 1.02. The second-order valence-electron chi connectivity index (χ2n) is 5.48. The Morgan fingerprint density at radius 2 is 2.04 bits per heavy atom. The molecule has 8 heteroatoms. The van der Waals surface area contributed by atoms with Gasteiger partial charge in [-0.15, -0.1) is 11.3 Å². The summed E-state index contributed by atoms with van der Waals surface area (Å²) < 4.78 is 3.35. The summed E-state index contributed by atoms with van der Waals surface area (Å²) in [5, 5.41) is 10.3. The first-order valence-electron chi connectivity index (χ1n) is 7.70. The minimum atomic E-state index is -0.191. The number of hydrogen-bond acceptors (Lipinski definition) is 6. The zero-order valence-corrected chi connectivity index (χ0v) is 15.7. The van der Waals surface area contributed by atoms with Crippen molar-refractivity contribution >= 4 is 55.8 Å². The van der Waals surface area contributed by atoms with Gasteiger partial charge in [-0.3, -0.25) is 9.36 Å². The maximum absolute atomic E-state index is 12.7. The van der Waals surface area contributed by atoms with E-state index in [0.29, 0.717) is 27.5 Å². The van der Waals surface area contributed by atoms with Crippen LogP contribution in [-0.4, -0.2) is 14.5 Å². The quantitative estimate of drug-likeness (QED) is 0.474. The fourth-order valence-corrected chi connectivity index (χ4v) is 4.79. The highest BCUT2D eigenvalue weighted by molar-refractivity contribution is 8.00. The number of nitriles is 1. The number of para-hydroxylation sites is 1. The first-order chi connectivity index (χ1) is 12.7. The summed E-state index contributed by atoms with van der Waals surface area (Å²) in [6.07, 6.45) is 0. The fraction of sp³-hybridized carbons (Fsp3) is 0.111. The molecule has 0 fully saturated rings. The van der Waals surface area contributed by atoms with E-state index in [2.05, 4.69) is 9.97 Å². The molecule has 0 radical (unpaired) electrons. The third-order valence-corrected chi connectivity index (χ3v) is 6.23. The molecule has 0 aliphatic rings. The number of thioether (sulfide) groups is 1. The number of fused-ring (bicyclic) bond motifs is 2. The molecule has 0 bridgehead atoms. The molecule has 26 heavy (non-hydrogen) atoms. The van der Waals surface area contributed by atoms with Crippen molar-refractivity contribution in [1.29, 1.82) is 5.26 Å². The Labute approximate surface area is 161 Å². The van der Waals surface area contributed by atoms with Crippen molar-refractivity contribution in [3.63, 3.8) is 0 Å². The number of benzene rings is 2. The van der Waals surface area contributed by atoms with Crippen molar-refractivity contribution in [2.75, 3.05) is 0 Å². The fourth-order valence-electron chi connectivity index (χ4n) is 2.63. The van der Waals surface area contributed by atoms with Crippen molar-refractivity contribution in [3.8, 4) is 6.07 Å². The number of thiazole rings is 1. The lowest BCUT2D eigenvalue weighted by atomic mass is 10.2. The molecular weight excluding hydrogens is 388 g/mol. The molecule has 0 aliphatic heterocycles. The smallest absolute Gasteiger partial charge is 0.262 e. The molecule has 0 saturated heterocycles. The summed E-state index contributed by atoms with van der Waals surface area (Å²) in [6, 6.07) is 14.8. The molecule has 0 amide bonds. The monoisotopic (exact) mass is 398 g/mol. The van der Waals surface area contributed by atoms with Crippen molar-refractivity contribution in [2.24, 2.45) is 0 Å². The van der Waals surface area contributed by atoms with Gasteiger partial charge in [0.2, 0.25) is 0 Å². The van der Waals surface area contributed by atoms with Crippen LogP contribution in [0.2, 0.25) is 5.02 Å². The maximum Gasteiger partial charge on any atom is 0.262 e. The molecule has 0 spiro atoms. The SMILES string of the molecule is N#CCn1c(CSc2nc3cc(Cl)ccc3s2)nc2ccccc2c1=O. The maximum atomic E-state index is 12.7. The molecule has 2 heterocycles. The minimum absolute atomic E-state index is 0.0258. The van der Waals surface area contributed by atoms with E-state index in [9.17, 15) is 4.79 Å². The van der Waals surface area contributed by atoms with Gasteiger partial charge in [0.05, 0.1) is 32.9 Å². The topological polar surface area (TPSA) is 71.6 Å². The van der Waals surface area contributed by atoms with Crippen LogP contribution in [0.15, 0.2) is 51.6 Å². The number of aromatic nitrogens is 3. The molecule has 0 aliphatic carbocycles. The predicted octanol–water partition coefficient (Wildman–Crippen LogP) is 4.48. The van der Waals surface area contributed by atoms with Crippen LogP contribution < -0.4 is 5.56 Å². The van der Waals surface area contributed by atoms with Crippen LogP contribution in [0.5, 0.6) is 0 Å². The van der Waals surface area contributed by atoms with Crippen LogP contribution in [0.3, 0.4) is 0 Å². The van der Waals surface area contributed by atoms with E-state index in [1.54, 1.807) is 29.5 Å². The molecule has 0 unspecified atom stereocenters. The van der Waals surface area contributed by atoms with Crippen molar-refractivity contribution in [2.45, 2.75) is 16.6 Å². The van der Waals surface area contributed by atoms with Crippen LogP contribution in [-0.2, 0) is 12.3 Å². The van der Waals surface area contributed by atoms with Crippen molar-refractivity contribution < 1.29 is 0 Å². The molecule has 4 aromatic rings. The van der Waals surface area contributed by atoms with Crippen LogP contribution in [0.4, 0.5) is 0 Å². The first-order valence-corrected chi connectivity index (χ1v) is 9.88. The summed E-state index contributed by atoms with van der Waals surface area (Å²) in [6.45, 7) is -0.0258. The molecule has 5 nitrogen and oxygen atoms in total. The van der Waals surface area contributed by atoms with Crippen LogP contribution in [0.1, 0.15) is 5.82 Å². The minimum Gasteiger partial charge on any atom is -0.281 e. The van der Waals surface area contributed by atoms with E-state index in [0.717, 1.165) is 14.6 Å². The molecule has 0 saturated carbocycles. The highest BCUT2D eigenvalue weighted by Gasteiger charge is 2.12. The van der Waals surface area contributed by atoms with Gasteiger partial charge in [0.15, 0.2) is 4.34 Å². The lowest BCUT2D eigenvalue weighted by Crippen LogP contribution is -2.24. The van der Waals surface area contributed by atoms with Gasteiger partial charge < -0.3 is 0 Å². The normalized spacial score (nSPS) is 11.1. The van der Waals surface area contributed by atoms with Crippen LogP contribution in [0.25, 0.3) is 21.1 Å². The lowest BCUT2D eigenvalue weighted by Gasteiger charge is -2.09. The van der Waals surface area contributed by atoms with E-state index in [-0.39, 0.29) is 12.1 Å². The van der Waals surface area contributed by atoms with Gasteiger partial charge in [-0.2, -0.15) is 5.26 Å². The molecule has 2 aromatic heterocycles. The summed E-state index contributed by atoms with van der Waals surface area (Å²) in [7, 11) is 0. The van der Waals surface area contributed by atoms with Gasteiger partial charge in [0, 0.05) is 5.02 Å². The highest BCUT2D eigenvalue weighted by atomic mass is 35.5. The van der Waals surface area contributed by atoms with E-state index in [1.807, 2.05) is 30.3 Å². The third kappa shape index (κ3) is 3.19. The van der Waals surface area contributed by atoms with Crippen molar-refractivity contribution in [3.05, 3.63) is 63.7 Å². The molecule has 0 atom stereocenters. The Balaban J connectivity index is 1.70. The Bertz CT molecular complexity index is 1230. The van der Waals surface area contributed by atoms with Gasteiger partial charge in [-0.25, -0.2) is 9.97 Å². The highest BCUT2D eigenvalue weighted by Crippen LogP contribution is 2.32. The molecule has 128 valence electrons. The van der Waals surface area contributed by atoms with E-state index in [1.165, 1.54) is 16.3 Å². The predicted molar refractivity (Wildman–Crippen MR) is 106 cm³/mol. The van der Waals surface area contributed by atoms with Gasteiger partial charge in [0.1, 0.15) is 12.4 Å². The summed E-state index contributed by atoms with van der Waals surface area (Å²) in [4.78, 5) is 21.8. The first kappa shape index (κ1) is 17.0. The Morgan fingerprint density at radius 1 is 1.19 bits per heavy atom. The van der Waals surface area contributed by atoms with Crippen LogP contribution in [0, 0.1) is 11.3 Å². The third-order valence-electron chi connectivity index (χ3n) is 3.82. The largest absolute Gasteiger partial charge is 0.281 e. The van der Waals surface area contributed by atoms with Gasteiger partial charge in [0.25, 0.3) is 5.56 Å². The molecule has 4 rings (SSSR count). The second kappa shape index (κ2) is 7.08. The Hall–Kier alpha value is -2.40.